The van der Waals surface area contributed by atoms with Gasteiger partial charge in [-0.15, -0.1) is 0 Å². The molecule has 2 aromatic rings. The summed E-state index contributed by atoms with van der Waals surface area (Å²) in [5, 5.41) is 4.17. The van der Waals surface area contributed by atoms with Crippen LogP contribution in [0.25, 0.3) is 0 Å². The number of amides is 2. The topological polar surface area (TPSA) is 75.4 Å². The summed E-state index contributed by atoms with van der Waals surface area (Å²) in [5.41, 5.74) is 5.24. The highest BCUT2D eigenvalue weighted by atomic mass is 35.5. The van der Waals surface area contributed by atoms with Crippen LogP contribution in [0, 0.1) is 0 Å². The SMILES string of the molecule is NC(=O)[C@H](Cc1ccc(C(F)(F)F)cc1)N(CC1CCCN1)C(=O)C1(c2ccc(Cl)cc2Cl)CC1. The second-order valence-electron chi connectivity index (χ2n) is 9.27. The number of hydrogen-bond donors (Lipinski definition) is 2. The lowest BCUT2D eigenvalue weighted by Gasteiger charge is -2.35. The van der Waals surface area contributed by atoms with Gasteiger partial charge in [0.15, 0.2) is 0 Å². The van der Waals surface area contributed by atoms with Gasteiger partial charge in [-0.3, -0.25) is 9.59 Å². The molecule has 2 atom stereocenters. The van der Waals surface area contributed by atoms with Crippen molar-refractivity contribution >= 4 is 35.0 Å². The quantitative estimate of drug-likeness (QED) is 0.521. The van der Waals surface area contributed by atoms with Crippen LogP contribution in [0.2, 0.25) is 10.0 Å². The predicted molar refractivity (Wildman–Crippen MR) is 128 cm³/mol. The Kier molecular flexibility index (Phi) is 7.36. The van der Waals surface area contributed by atoms with Crippen LogP contribution < -0.4 is 11.1 Å². The number of primary amides is 1. The molecule has 10 heteroatoms. The van der Waals surface area contributed by atoms with Gasteiger partial charge in [0.1, 0.15) is 6.04 Å². The maximum atomic E-state index is 14.0. The molecule has 0 bridgehead atoms. The van der Waals surface area contributed by atoms with Crippen LogP contribution in [0.1, 0.15) is 42.4 Å². The maximum absolute atomic E-state index is 14.0. The molecule has 0 aromatic heterocycles. The highest BCUT2D eigenvalue weighted by Crippen LogP contribution is 2.52. The molecule has 0 spiro atoms. The van der Waals surface area contributed by atoms with Crippen LogP contribution in [-0.2, 0) is 27.6 Å². The fourth-order valence-corrected chi connectivity index (χ4v) is 5.38. The molecule has 4 rings (SSSR count). The lowest BCUT2D eigenvalue weighted by Crippen LogP contribution is -2.55. The highest BCUT2D eigenvalue weighted by Gasteiger charge is 2.55. The van der Waals surface area contributed by atoms with Crippen LogP contribution in [0.15, 0.2) is 42.5 Å². The number of rotatable bonds is 8. The number of alkyl halides is 3. The standard InChI is InChI=1S/C25H26Cl2F3N3O2/c26-17-7-8-19(20(27)13-17)24(9-10-24)23(35)33(14-18-2-1-11-32-18)21(22(31)34)12-15-3-5-16(6-4-15)25(28,29)30/h3-8,13,18,21,32H,1-2,9-12,14H2,(H2,31,34)/t18?,21-/m0/s1. The molecular weight excluding hydrogens is 502 g/mol. The van der Waals surface area contributed by atoms with E-state index in [-0.39, 0.29) is 24.9 Å². The van der Waals surface area contributed by atoms with E-state index in [1.807, 2.05) is 0 Å². The zero-order valence-electron chi connectivity index (χ0n) is 18.9. The Morgan fingerprint density at radius 3 is 2.34 bits per heavy atom. The molecule has 0 radical (unpaired) electrons. The minimum absolute atomic E-state index is 0.00936. The van der Waals surface area contributed by atoms with Crippen LogP contribution in [0.5, 0.6) is 0 Å². The van der Waals surface area contributed by atoms with E-state index in [0.717, 1.165) is 31.5 Å². The molecule has 35 heavy (non-hydrogen) atoms. The van der Waals surface area contributed by atoms with Gasteiger partial charge in [0.25, 0.3) is 0 Å². The second kappa shape index (κ2) is 9.99. The van der Waals surface area contributed by atoms with Crippen molar-refractivity contribution in [1.29, 1.82) is 0 Å². The lowest BCUT2D eigenvalue weighted by atomic mass is 9.92. The first-order chi connectivity index (χ1) is 16.5. The van der Waals surface area contributed by atoms with E-state index in [1.54, 1.807) is 18.2 Å². The van der Waals surface area contributed by atoms with Gasteiger partial charge < -0.3 is 16.0 Å². The van der Waals surface area contributed by atoms with Crippen molar-refractivity contribution in [3.8, 4) is 0 Å². The molecule has 1 aliphatic heterocycles. The fraction of sp³-hybridized carbons (Fsp3) is 0.440. The van der Waals surface area contributed by atoms with Gasteiger partial charge in [-0.05, 0) is 67.6 Å². The Bertz CT molecular complexity index is 1100. The molecule has 2 amide bonds. The summed E-state index contributed by atoms with van der Waals surface area (Å²) >= 11 is 12.5. The van der Waals surface area contributed by atoms with Gasteiger partial charge in [0, 0.05) is 29.1 Å². The number of hydrogen-bond acceptors (Lipinski definition) is 3. The first kappa shape index (κ1) is 25.8. The summed E-state index contributed by atoms with van der Waals surface area (Å²) in [6.45, 7) is 1.07. The predicted octanol–water partition coefficient (Wildman–Crippen LogP) is 4.72. The monoisotopic (exact) mass is 527 g/mol. The number of nitrogens with one attached hydrogen (secondary N) is 1. The largest absolute Gasteiger partial charge is 0.416 e. The van der Waals surface area contributed by atoms with E-state index in [0.29, 0.717) is 34.0 Å². The molecule has 2 fully saturated rings. The normalized spacial score (nSPS) is 19.9. The van der Waals surface area contributed by atoms with Gasteiger partial charge in [-0.2, -0.15) is 13.2 Å². The van der Waals surface area contributed by atoms with Crippen molar-refractivity contribution in [3.63, 3.8) is 0 Å². The van der Waals surface area contributed by atoms with E-state index >= 15 is 0 Å². The van der Waals surface area contributed by atoms with Crippen molar-refractivity contribution in [2.24, 2.45) is 5.73 Å². The number of halogens is 5. The Morgan fingerprint density at radius 2 is 1.83 bits per heavy atom. The summed E-state index contributed by atoms with van der Waals surface area (Å²) in [7, 11) is 0. The third-order valence-corrected chi connectivity index (χ3v) is 7.41. The summed E-state index contributed by atoms with van der Waals surface area (Å²) in [6, 6.07) is 8.53. The van der Waals surface area contributed by atoms with Crippen LogP contribution in [0.4, 0.5) is 13.2 Å². The molecule has 1 aliphatic carbocycles. The van der Waals surface area contributed by atoms with E-state index in [4.69, 9.17) is 28.9 Å². The van der Waals surface area contributed by atoms with Crippen molar-refractivity contribution < 1.29 is 22.8 Å². The van der Waals surface area contributed by atoms with E-state index in [1.165, 1.54) is 17.0 Å². The molecule has 1 saturated carbocycles. The lowest BCUT2D eigenvalue weighted by molar-refractivity contribution is -0.141. The third-order valence-electron chi connectivity index (χ3n) is 6.86. The van der Waals surface area contributed by atoms with Crippen LogP contribution >= 0.6 is 23.2 Å². The molecular formula is C25H26Cl2F3N3O2. The first-order valence-corrected chi connectivity index (χ1v) is 12.2. The fourth-order valence-electron chi connectivity index (χ4n) is 4.79. The zero-order chi connectivity index (χ0) is 25.4. The number of carbonyl (C=O) groups excluding carboxylic acids is 2. The number of carbonyl (C=O) groups is 2. The van der Waals surface area contributed by atoms with Gasteiger partial charge in [0.05, 0.1) is 11.0 Å². The van der Waals surface area contributed by atoms with E-state index in [9.17, 15) is 22.8 Å². The molecule has 5 nitrogen and oxygen atoms in total. The van der Waals surface area contributed by atoms with Crippen molar-refractivity contribution in [1.82, 2.24) is 10.2 Å². The van der Waals surface area contributed by atoms with Crippen molar-refractivity contribution in [2.75, 3.05) is 13.1 Å². The first-order valence-electron chi connectivity index (χ1n) is 11.5. The van der Waals surface area contributed by atoms with Crippen molar-refractivity contribution in [2.45, 2.75) is 55.8 Å². The van der Waals surface area contributed by atoms with Gasteiger partial charge >= 0.3 is 6.18 Å². The van der Waals surface area contributed by atoms with E-state index < -0.39 is 29.1 Å². The molecule has 2 aliphatic rings. The Hall–Kier alpha value is -2.29. The van der Waals surface area contributed by atoms with Crippen molar-refractivity contribution in [3.05, 3.63) is 69.2 Å². The highest BCUT2D eigenvalue weighted by molar-refractivity contribution is 6.35. The van der Waals surface area contributed by atoms with Crippen LogP contribution in [-0.4, -0.2) is 41.9 Å². The smallest absolute Gasteiger partial charge is 0.368 e. The second-order valence-corrected chi connectivity index (χ2v) is 10.1. The Labute approximate surface area is 211 Å². The van der Waals surface area contributed by atoms with Crippen LogP contribution in [0.3, 0.4) is 0 Å². The summed E-state index contributed by atoms with van der Waals surface area (Å²) in [4.78, 5) is 28.2. The number of nitrogens with two attached hydrogens (primary N) is 1. The Morgan fingerprint density at radius 1 is 1.14 bits per heavy atom. The maximum Gasteiger partial charge on any atom is 0.416 e. The van der Waals surface area contributed by atoms with Gasteiger partial charge in [0.2, 0.25) is 11.8 Å². The minimum atomic E-state index is -4.46. The van der Waals surface area contributed by atoms with Gasteiger partial charge in [-0.25, -0.2) is 0 Å². The molecule has 3 N–H and O–H groups in total. The zero-order valence-corrected chi connectivity index (χ0v) is 20.4. The summed E-state index contributed by atoms with van der Waals surface area (Å²) in [5.74, 6) is -0.972. The molecule has 2 aromatic carbocycles. The summed E-state index contributed by atoms with van der Waals surface area (Å²) in [6.07, 6.45) is -1.54. The third kappa shape index (κ3) is 5.60. The molecule has 1 unspecified atom stereocenters. The summed E-state index contributed by atoms with van der Waals surface area (Å²) < 4.78 is 38.9. The number of nitrogens with zero attached hydrogens (tertiary/aromatic N) is 1. The number of benzene rings is 2. The van der Waals surface area contributed by atoms with E-state index in [2.05, 4.69) is 5.32 Å². The minimum Gasteiger partial charge on any atom is -0.368 e. The average molecular weight is 528 g/mol. The molecule has 188 valence electrons. The Balaban J connectivity index is 1.65. The van der Waals surface area contributed by atoms with Gasteiger partial charge in [-0.1, -0.05) is 41.4 Å². The molecule has 1 heterocycles. The average Bonchev–Trinajstić information content (AvgIpc) is 3.42. The molecule has 1 saturated heterocycles.